The lowest BCUT2D eigenvalue weighted by Gasteiger charge is -2.29. The monoisotopic (exact) mass is 389 g/mol. The number of nitrogens with one attached hydrogen (secondary N) is 2. The van der Waals surface area contributed by atoms with Gasteiger partial charge in [-0.15, -0.1) is 0 Å². The predicted octanol–water partition coefficient (Wildman–Crippen LogP) is 4.20. The van der Waals surface area contributed by atoms with Crippen molar-refractivity contribution in [2.45, 2.75) is 13.0 Å². The van der Waals surface area contributed by atoms with Gasteiger partial charge in [0.1, 0.15) is 5.82 Å². The molecule has 4 rings (SSSR count). The molecule has 150 valence electrons. The lowest BCUT2D eigenvalue weighted by Crippen LogP contribution is -2.36. The molecule has 1 aliphatic rings. The molecule has 6 heteroatoms. The second kappa shape index (κ2) is 8.92. The van der Waals surface area contributed by atoms with Gasteiger partial charge in [0, 0.05) is 37.1 Å². The van der Waals surface area contributed by atoms with Crippen LogP contribution in [-0.4, -0.2) is 43.3 Å². The van der Waals surface area contributed by atoms with Gasteiger partial charge in [0.2, 0.25) is 0 Å². The first-order chi connectivity index (χ1) is 14.2. The number of nitrogens with zero attached hydrogens (tertiary/aromatic N) is 3. The first-order valence-electron chi connectivity index (χ1n) is 10.0. The van der Waals surface area contributed by atoms with E-state index in [0.29, 0.717) is 0 Å². The minimum absolute atomic E-state index is 0.118. The largest absolute Gasteiger partial charge is 0.388 e. The minimum atomic E-state index is 0.118. The van der Waals surface area contributed by atoms with E-state index in [1.54, 1.807) is 6.20 Å². The van der Waals surface area contributed by atoms with Crippen LogP contribution in [-0.2, 0) is 4.74 Å². The van der Waals surface area contributed by atoms with E-state index < -0.39 is 0 Å². The lowest BCUT2D eigenvalue weighted by molar-refractivity contribution is 0.122. The van der Waals surface area contributed by atoms with Crippen molar-refractivity contribution in [1.82, 2.24) is 9.97 Å². The zero-order valence-electron chi connectivity index (χ0n) is 16.9. The summed E-state index contributed by atoms with van der Waals surface area (Å²) in [4.78, 5) is 11.6. The summed E-state index contributed by atoms with van der Waals surface area (Å²) < 4.78 is 5.46. The van der Waals surface area contributed by atoms with Gasteiger partial charge in [-0.25, -0.2) is 4.98 Å². The van der Waals surface area contributed by atoms with Crippen LogP contribution in [0.5, 0.6) is 0 Å². The average molecular weight is 390 g/mol. The van der Waals surface area contributed by atoms with Crippen LogP contribution < -0.4 is 15.5 Å². The molecule has 1 fully saturated rings. The van der Waals surface area contributed by atoms with Crippen molar-refractivity contribution in [3.63, 3.8) is 0 Å². The molecule has 1 saturated heterocycles. The van der Waals surface area contributed by atoms with Crippen molar-refractivity contribution in [1.29, 1.82) is 0 Å². The molecule has 1 unspecified atom stereocenters. The van der Waals surface area contributed by atoms with Gasteiger partial charge in [0.25, 0.3) is 0 Å². The predicted molar refractivity (Wildman–Crippen MR) is 119 cm³/mol. The number of anilines is 3. The van der Waals surface area contributed by atoms with Crippen LogP contribution in [0.3, 0.4) is 0 Å². The van der Waals surface area contributed by atoms with Gasteiger partial charge in [-0.2, -0.15) is 0 Å². The fraction of sp³-hybridized carbons (Fsp3) is 0.304. The van der Waals surface area contributed by atoms with Gasteiger partial charge in [-0.1, -0.05) is 24.3 Å². The van der Waals surface area contributed by atoms with Crippen LogP contribution in [0.2, 0.25) is 0 Å². The normalized spacial score (nSPS) is 15.0. The maximum Gasteiger partial charge on any atom is 0.145 e. The number of hydrogen-bond acceptors (Lipinski definition) is 6. The minimum Gasteiger partial charge on any atom is -0.388 e. The quantitative estimate of drug-likeness (QED) is 0.659. The Morgan fingerprint density at radius 2 is 1.86 bits per heavy atom. The second-order valence-electron chi connectivity index (χ2n) is 7.18. The average Bonchev–Trinajstić information content (AvgIpc) is 2.80. The zero-order valence-corrected chi connectivity index (χ0v) is 16.9. The molecule has 3 aromatic rings. The molecule has 0 amide bonds. The van der Waals surface area contributed by atoms with Gasteiger partial charge in [-0.05, 0) is 36.8 Å². The van der Waals surface area contributed by atoms with Crippen molar-refractivity contribution >= 4 is 17.2 Å². The first-order valence-corrected chi connectivity index (χ1v) is 10.0. The molecule has 29 heavy (non-hydrogen) atoms. The fourth-order valence-corrected chi connectivity index (χ4v) is 3.53. The number of rotatable bonds is 6. The summed E-state index contributed by atoms with van der Waals surface area (Å²) >= 11 is 0. The summed E-state index contributed by atoms with van der Waals surface area (Å²) in [5, 5.41) is 6.65. The van der Waals surface area contributed by atoms with Crippen LogP contribution in [0.1, 0.15) is 18.5 Å². The maximum atomic E-state index is 5.46. The molecule has 1 aliphatic heterocycles. The molecule has 2 heterocycles. The Hall–Kier alpha value is -3.12. The van der Waals surface area contributed by atoms with E-state index in [9.17, 15) is 0 Å². The third-order valence-electron chi connectivity index (χ3n) is 5.19. The molecule has 0 spiro atoms. The third kappa shape index (κ3) is 4.66. The third-order valence-corrected chi connectivity index (χ3v) is 5.19. The smallest absolute Gasteiger partial charge is 0.145 e. The molecule has 0 radical (unpaired) electrons. The van der Waals surface area contributed by atoms with Crippen molar-refractivity contribution in [3.05, 3.63) is 66.5 Å². The number of hydrogen-bond donors (Lipinski definition) is 2. The van der Waals surface area contributed by atoms with Crippen molar-refractivity contribution in [2.75, 3.05) is 48.9 Å². The SMILES string of the molecule is CNc1cccc(C(C)Nc2cncc(-c3cccc(N4CCOCC4)c3)n2)c1. The van der Waals surface area contributed by atoms with Gasteiger partial charge in [-0.3, -0.25) is 4.98 Å². The van der Waals surface area contributed by atoms with E-state index in [1.165, 1.54) is 11.3 Å². The molecule has 0 bridgehead atoms. The highest BCUT2D eigenvalue weighted by Gasteiger charge is 2.13. The Morgan fingerprint density at radius 3 is 2.69 bits per heavy atom. The standard InChI is InChI=1S/C23H27N5O/c1-17(18-5-3-7-20(13-18)24-2)26-23-16-25-15-22(27-23)19-6-4-8-21(14-19)28-9-11-29-12-10-28/h3-8,13-17,24H,9-12H2,1-2H3,(H,26,27). The molecule has 1 aromatic heterocycles. The number of benzene rings is 2. The summed E-state index contributed by atoms with van der Waals surface area (Å²) in [6.07, 6.45) is 3.59. The van der Waals surface area contributed by atoms with Gasteiger partial charge in [0.15, 0.2) is 0 Å². The van der Waals surface area contributed by atoms with Gasteiger partial charge >= 0.3 is 0 Å². The van der Waals surface area contributed by atoms with Crippen LogP contribution in [0.25, 0.3) is 11.3 Å². The zero-order chi connectivity index (χ0) is 20.1. The molecule has 0 saturated carbocycles. The summed E-state index contributed by atoms with van der Waals surface area (Å²) in [7, 11) is 1.93. The first kappa shape index (κ1) is 19.2. The van der Waals surface area contributed by atoms with Crippen LogP contribution in [0, 0.1) is 0 Å². The Morgan fingerprint density at radius 1 is 1.03 bits per heavy atom. The Bertz CT molecular complexity index is 955. The van der Waals surface area contributed by atoms with E-state index in [0.717, 1.165) is 49.1 Å². The number of aromatic nitrogens is 2. The lowest BCUT2D eigenvalue weighted by atomic mass is 10.1. The van der Waals surface area contributed by atoms with Crippen molar-refractivity contribution < 1.29 is 4.74 Å². The molecule has 2 aromatic carbocycles. The Labute approximate surface area is 172 Å². The molecule has 1 atom stereocenters. The summed E-state index contributed by atoms with van der Waals surface area (Å²) in [6, 6.07) is 17.0. The highest BCUT2D eigenvalue weighted by Crippen LogP contribution is 2.26. The van der Waals surface area contributed by atoms with Crippen molar-refractivity contribution in [2.24, 2.45) is 0 Å². The maximum absolute atomic E-state index is 5.46. The molecule has 6 nitrogen and oxygen atoms in total. The molecule has 0 aliphatic carbocycles. The van der Waals surface area contributed by atoms with Crippen LogP contribution in [0.15, 0.2) is 60.9 Å². The second-order valence-corrected chi connectivity index (χ2v) is 7.18. The van der Waals surface area contributed by atoms with Crippen LogP contribution in [0.4, 0.5) is 17.2 Å². The summed E-state index contributed by atoms with van der Waals surface area (Å²) in [6.45, 7) is 5.51. The van der Waals surface area contributed by atoms with E-state index in [-0.39, 0.29) is 6.04 Å². The van der Waals surface area contributed by atoms with Gasteiger partial charge < -0.3 is 20.3 Å². The molecule has 2 N–H and O–H groups in total. The Kier molecular flexibility index (Phi) is 5.91. The summed E-state index contributed by atoms with van der Waals surface area (Å²) in [5.74, 6) is 0.765. The van der Waals surface area contributed by atoms with E-state index in [1.807, 2.05) is 13.2 Å². The number of morpholine rings is 1. The Balaban J connectivity index is 1.52. The van der Waals surface area contributed by atoms with Crippen molar-refractivity contribution in [3.8, 4) is 11.3 Å². The van der Waals surface area contributed by atoms with E-state index in [2.05, 4.69) is 76.0 Å². The fourth-order valence-electron chi connectivity index (χ4n) is 3.53. The number of ether oxygens (including phenoxy) is 1. The van der Waals surface area contributed by atoms with Crippen LogP contribution >= 0.6 is 0 Å². The van der Waals surface area contributed by atoms with E-state index >= 15 is 0 Å². The topological polar surface area (TPSA) is 62.3 Å². The molecular weight excluding hydrogens is 362 g/mol. The highest BCUT2D eigenvalue weighted by atomic mass is 16.5. The summed E-state index contributed by atoms with van der Waals surface area (Å²) in [5.41, 5.74) is 5.41. The van der Waals surface area contributed by atoms with Gasteiger partial charge in [0.05, 0.1) is 37.3 Å². The highest BCUT2D eigenvalue weighted by molar-refractivity contribution is 5.66. The molecular formula is C23H27N5O. The van der Waals surface area contributed by atoms with E-state index in [4.69, 9.17) is 9.72 Å².